The van der Waals surface area contributed by atoms with Crippen molar-refractivity contribution in [3.8, 4) is 0 Å². The van der Waals surface area contributed by atoms with Crippen LogP contribution in [0.15, 0.2) is 30.3 Å². The SMILES string of the molecule is Cc1ccc(CN(C(=O)c2cc(C(=O)O)cc([N+](=O)[O-])c2)C(C)C)s1. The van der Waals surface area contributed by atoms with Crippen LogP contribution in [-0.4, -0.2) is 32.8 Å². The van der Waals surface area contributed by atoms with Gasteiger partial charge in [-0.2, -0.15) is 0 Å². The Balaban J connectivity index is 2.41. The topological polar surface area (TPSA) is 101 Å². The Kier molecular flexibility index (Phi) is 5.53. The number of non-ortho nitro benzene ring substituents is 1. The van der Waals surface area contributed by atoms with E-state index >= 15 is 0 Å². The van der Waals surface area contributed by atoms with Crippen LogP contribution in [0.5, 0.6) is 0 Å². The van der Waals surface area contributed by atoms with Crippen molar-refractivity contribution >= 4 is 28.9 Å². The summed E-state index contributed by atoms with van der Waals surface area (Å²) in [5.74, 6) is -1.75. The smallest absolute Gasteiger partial charge is 0.335 e. The molecule has 0 aliphatic heterocycles. The number of carbonyl (C=O) groups excluding carboxylic acids is 1. The first kappa shape index (κ1) is 18.6. The van der Waals surface area contributed by atoms with Crippen LogP contribution in [0, 0.1) is 17.0 Å². The zero-order valence-corrected chi connectivity index (χ0v) is 14.9. The summed E-state index contributed by atoms with van der Waals surface area (Å²) in [6.07, 6.45) is 0. The normalized spacial score (nSPS) is 10.7. The van der Waals surface area contributed by atoms with Crippen molar-refractivity contribution < 1.29 is 19.6 Å². The van der Waals surface area contributed by atoms with Crippen LogP contribution in [-0.2, 0) is 6.54 Å². The Morgan fingerprint density at radius 3 is 2.36 bits per heavy atom. The van der Waals surface area contributed by atoms with Crippen LogP contribution in [0.2, 0.25) is 0 Å². The van der Waals surface area contributed by atoms with Gasteiger partial charge in [0.25, 0.3) is 11.6 Å². The molecule has 0 bridgehead atoms. The maximum atomic E-state index is 12.9. The first-order valence-corrected chi connectivity index (χ1v) is 8.39. The third kappa shape index (κ3) is 4.42. The predicted molar refractivity (Wildman–Crippen MR) is 94.1 cm³/mol. The molecule has 0 saturated heterocycles. The summed E-state index contributed by atoms with van der Waals surface area (Å²) in [5, 5.41) is 20.2. The third-order valence-corrected chi connectivity index (χ3v) is 4.61. The Morgan fingerprint density at radius 2 is 1.88 bits per heavy atom. The number of nitro benzene ring substituents is 1. The summed E-state index contributed by atoms with van der Waals surface area (Å²) < 4.78 is 0. The summed E-state index contributed by atoms with van der Waals surface area (Å²) in [7, 11) is 0. The lowest BCUT2D eigenvalue weighted by Crippen LogP contribution is -2.36. The van der Waals surface area contributed by atoms with Crippen LogP contribution in [0.1, 0.15) is 44.3 Å². The molecule has 0 unspecified atom stereocenters. The predicted octanol–water partition coefficient (Wildman–Crippen LogP) is 3.71. The second-order valence-electron chi connectivity index (χ2n) is 5.87. The van der Waals surface area contributed by atoms with Crippen molar-refractivity contribution in [3.63, 3.8) is 0 Å². The molecule has 0 aliphatic carbocycles. The molecule has 25 heavy (non-hydrogen) atoms. The second kappa shape index (κ2) is 7.43. The molecule has 2 aromatic rings. The van der Waals surface area contributed by atoms with Gasteiger partial charge in [0.2, 0.25) is 0 Å². The van der Waals surface area contributed by atoms with Crippen LogP contribution in [0.3, 0.4) is 0 Å². The molecule has 7 nitrogen and oxygen atoms in total. The number of amides is 1. The van der Waals surface area contributed by atoms with E-state index in [1.54, 1.807) is 16.2 Å². The van der Waals surface area contributed by atoms with Gasteiger partial charge in [-0.05, 0) is 39.0 Å². The van der Waals surface area contributed by atoms with Gasteiger partial charge < -0.3 is 10.0 Å². The molecule has 132 valence electrons. The fourth-order valence-electron chi connectivity index (χ4n) is 2.36. The highest BCUT2D eigenvalue weighted by Gasteiger charge is 2.23. The molecule has 0 aliphatic rings. The van der Waals surface area contributed by atoms with Gasteiger partial charge in [-0.1, -0.05) is 0 Å². The molecule has 1 aromatic carbocycles. The lowest BCUT2D eigenvalue weighted by molar-refractivity contribution is -0.384. The number of nitro groups is 1. The number of hydrogen-bond donors (Lipinski definition) is 1. The van der Waals surface area contributed by atoms with Crippen molar-refractivity contribution in [1.82, 2.24) is 4.90 Å². The van der Waals surface area contributed by atoms with E-state index in [1.165, 1.54) is 6.07 Å². The number of carbonyl (C=O) groups is 2. The van der Waals surface area contributed by atoms with Crippen LogP contribution >= 0.6 is 11.3 Å². The monoisotopic (exact) mass is 362 g/mol. The molecular formula is C17H18N2O5S. The summed E-state index contributed by atoms with van der Waals surface area (Å²) in [6, 6.07) is 6.97. The number of nitrogens with zero attached hydrogens (tertiary/aromatic N) is 2. The van der Waals surface area contributed by atoms with E-state index in [0.717, 1.165) is 21.9 Å². The highest BCUT2D eigenvalue weighted by molar-refractivity contribution is 7.11. The third-order valence-electron chi connectivity index (χ3n) is 3.63. The minimum atomic E-state index is -1.32. The summed E-state index contributed by atoms with van der Waals surface area (Å²) in [5.41, 5.74) is -0.708. The van der Waals surface area contributed by atoms with Gasteiger partial charge in [0.05, 0.1) is 17.0 Å². The number of carboxylic acid groups (broad SMARTS) is 1. The molecule has 1 N–H and O–H groups in total. The van der Waals surface area contributed by atoms with E-state index in [9.17, 15) is 19.7 Å². The van der Waals surface area contributed by atoms with Gasteiger partial charge in [0.15, 0.2) is 0 Å². The fraction of sp³-hybridized carbons (Fsp3) is 0.294. The molecule has 0 atom stereocenters. The number of hydrogen-bond acceptors (Lipinski definition) is 5. The van der Waals surface area contributed by atoms with Gasteiger partial charge in [0, 0.05) is 33.5 Å². The van der Waals surface area contributed by atoms with Crippen LogP contribution in [0.4, 0.5) is 5.69 Å². The van der Waals surface area contributed by atoms with E-state index in [-0.39, 0.29) is 17.2 Å². The number of rotatable bonds is 6. The van der Waals surface area contributed by atoms with Crippen LogP contribution < -0.4 is 0 Å². The van der Waals surface area contributed by atoms with Crippen molar-refractivity contribution in [2.45, 2.75) is 33.4 Å². The zero-order valence-electron chi connectivity index (χ0n) is 14.1. The average Bonchev–Trinajstić information content (AvgIpc) is 2.96. The van der Waals surface area contributed by atoms with Gasteiger partial charge in [-0.25, -0.2) is 4.79 Å². The zero-order chi connectivity index (χ0) is 18.7. The maximum absolute atomic E-state index is 12.9. The summed E-state index contributed by atoms with van der Waals surface area (Å²) >= 11 is 1.57. The van der Waals surface area contributed by atoms with E-state index < -0.39 is 22.5 Å². The Morgan fingerprint density at radius 1 is 1.24 bits per heavy atom. The van der Waals surface area contributed by atoms with Crippen molar-refractivity contribution in [3.05, 3.63) is 61.3 Å². The molecule has 1 amide bonds. The quantitative estimate of drug-likeness (QED) is 0.623. The standard InChI is InChI=1S/C17H18N2O5S/c1-10(2)18(9-15-5-4-11(3)25-15)16(20)12-6-13(17(21)22)8-14(7-12)19(23)24/h4-8,10H,9H2,1-3H3,(H,21,22). The number of aromatic carboxylic acids is 1. The lowest BCUT2D eigenvalue weighted by Gasteiger charge is -2.26. The van der Waals surface area contributed by atoms with Crippen molar-refractivity contribution in [2.24, 2.45) is 0 Å². The Labute approximate surface area is 148 Å². The average molecular weight is 362 g/mol. The first-order valence-electron chi connectivity index (χ1n) is 7.58. The van der Waals surface area contributed by atoms with Gasteiger partial charge >= 0.3 is 5.97 Å². The Hall–Kier alpha value is -2.74. The number of thiophene rings is 1. The number of carboxylic acids is 1. The van der Waals surface area contributed by atoms with Crippen LogP contribution in [0.25, 0.3) is 0 Å². The number of benzene rings is 1. The highest BCUT2D eigenvalue weighted by atomic mass is 32.1. The molecule has 2 rings (SSSR count). The molecule has 0 saturated carbocycles. The molecular weight excluding hydrogens is 344 g/mol. The molecule has 0 fully saturated rings. The summed E-state index contributed by atoms with van der Waals surface area (Å²) in [6.45, 7) is 6.01. The highest BCUT2D eigenvalue weighted by Crippen LogP contribution is 2.23. The lowest BCUT2D eigenvalue weighted by atomic mass is 10.1. The first-order chi connectivity index (χ1) is 11.7. The molecule has 1 heterocycles. The van der Waals surface area contributed by atoms with Gasteiger partial charge in [-0.3, -0.25) is 14.9 Å². The van der Waals surface area contributed by atoms with Crippen molar-refractivity contribution in [2.75, 3.05) is 0 Å². The molecule has 0 radical (unpaired) electrons. The molecule has 1 aromatic heterocycles. The molecule has 8 heteroatoms. The minimum absolute atomic E-state index is 0.00595. The van der Waals surface area contributed by atoms with Gasteiger partial charge in [0.1, 0.15) is 0 Å². The molecule has 0 spiro atoms. The number of aryl methyl sites for hydroxylation is 1. The van der Waals surface area contributed by atoms with E-state index in [1.807, 2.05) is 32.9 Å². The summed E-state index contributed by atoms with van der Waals surface area (Å²) in [4.78, 5) is 38.1. The largest absolute Gasteiger partial charge is 0.478 e. The Bertz CT molecular complexity index is 796. The van der Waals surface area contributed by atoms with E-state index in [2.05, 4.69) is 0 Å². The van der Waals surface area contributed by atoms with Gasteiger partial charge in [-0.15, -0.1) is 11.3 Å². The van der Waals surface area contributed by atoms with E-state index in [0.29, 0.717) is 6.54 Å². The van der Waals surface area contributed by atoms with Crippen molar-refractivity contribution in [1.29, 1.82) is 0 Å². The van der Waals surface area contributed by atoms with E-state index in [4.69, 9.17) is 5.11 Å². The second-order valence-corrected chi connectivity index (χ2v) is 7.24. The maximum Gasteiger partial charge on any atom is 0.335 e. The fourth-order valence-corrected chi connectivity index (χ4v) is 3.25. The minimum Gasteiger partial charge on any atom is -0.478 e.